The number of carbonyl (C=O) groups excluding carboxylic acids is 1. The smallest absolute Gasteiger partial charge is 0.276 e. The molecule has 194 valence electrons. The number of hydrogen-bond donors (Lipinski definition) is 1. The molecule has 1 N–H and O–H groups in total. The molecule has 0 unspecified atom stereocenters. The van der Waals surface area contributed by atoms with Crippen LogP contribution in [0.5, 0.6) is 11.5 Å². The van der Waals surface area contributed by atoms with Crippen molar-refractivity contribution in [1.82, 2.24) is 9.73 Å². The highest BCUT2D eigenvalue weighted by atomic mass is 32.2. The van der Waals surface area contributed by atoms with Gasteiger partial charge in [-0.15, -0.1) is 0 Å². The number of nitro groups is 1. The third-order valence-electron chi connectivity index (χ3n) is 6.09. The fourth-order valence-electron chi connectivity index (χ4n) is 4.19. The summed E-state index contributed by atoms with van der Waals surface area (Å²) < 4.78 is 36.0. The number of benzene rings is 2. The molecule has 1 saturated heterocycles. The van der Waals surface area contributed by atoms with Gasteiger partial charge in [0, 0.05) is 23.7 Å². The van der Waals surface area contributed by atoms with E-state index in [1.54, 1.807) is 18.2 Å². The van der Waals surface area contributed by atoms with Crippen molar-refractivity contribution in [3.05, 3.63) is 57.6 Å². The molecule has 3 rings (SSSR count). The predicted molar refractivity (Wildman–Crippen MR) is 134 cm³/mol. The normalized spacial score (nSPS) is 18.2. The van der Waals surface area contributed by atoms with Crippen molar-refractivity contribution in [3.8, 4) is 11.5 Å². The minimum Gasteiger partial charge on any atom is -0.493 e. The topological polar surface area (TPSA) is 140 Å². The van der Waals surface area contributed by atoms with Crippen LogP contribution < -0.4 is 14.3 Å². The number of hydrogen-bond acceptors (Lipinski definition) is 8. The lowest BCUT2D eigenvalue weighted by molar-refractivity contribution is -0.385. The number of sulfonamides is 1. The Hall–Kier alpha value is -3.67. The molecule has 0 aliphatic carbocycles. The summed E-state index contributed by atoms with van der Waals surface area (Å²) in [7, 11) is -2.66. The van der Waals surface area contributed by atoms with Crippen molar-refractivity contribution >= 4 is 27.8 Å². The van der Waals surface area contributed by atoms with E-state index in [9.17, 15) is 23.3 Å². The molecule has 0 saturated carbocycles. The van der Waals surface area contributed by atoms with Crippen LogP contribution in [-0.4, -0.2) is 56.2 Å². The summed E-state index contributed by atoms with van der Waals surface area (Å²) in [5.74, 6) is 0.629. The summed E-state index contributed by atoms with van der Waals surface area (Å²) in [6, 6.07) is 8.76. The number of rotatable bonds is 9. The molecule has 2 atom stereocenters. The number of ether oxygens (including phenoxy) is 2. The van der Waals surface area contributed by atoms with Crippen LogP contribution in [0.4, 0.5) is 5.69 Å². The highest BCUT2D eigenvalue weighted by Crippen LogP contribution is 2.29. The summed E-state index contributed by atoms with van der Waals surface area (Å²) in [4.78, 5) is 26.8. The molecule has 1 amide bonds. The molecule has 1 aliphatic rings. The zero-order valence-electron chi connectivity index (χ0n) is 20.6. The fourth-order valence-corrected chi connectivity index (χ4v) is 5.00. The molecule has 1 heterocycles. The van der Waals surface area contributed by atoms with Crippen LogP contribution in [0.25, 0.3) is 0 Å². The van der Waals surface area contributed by atoms with Gasteiger partial charge in [0.1, 0.15) is 0 Å². The summed E-state index contributed by atoms with van der Waals surface area (Å²) in [6.07, 6.45) is 4.30. The van der Waals surface area contributed by atoms with Gasteiger partial charge >= 0.3 is 0 Å². The lowest BCUT2D eigenvalue weighted by Gasteiger charge is -2.39. The van der Waals surface area contributed by atoms with Crippen LogP contribution in [0.2, 0.25) is 0 Å². The standard InChI is InChI=1S/C24H30N4O7S/c1-16-8-10-20(13-21(16)28(30)31)36(32,33)26-25-14-19-9-11-22(23(12-19)34-4)35-15-24(29)27-17(2)6-5-7-18(27)3/h8-14,17-18,26H,5-7,15H2,1-4H3/b25-14-/t17-,18+. The Bertz CT molecular complexity index is 1250. The third kappa shape index (κ3) is 6.30. The zero-order valence-corrected chi connectivity index (χ0v) is 21.4. The molecule has 36 heavy (non-hydrogen) atoms. The highest BCUT2D eigenvalue weighted by Gasteiger charge is 2.29. The minimum atomic E-state index is -4.12. The van der Waals surface area contributed by atoms with E-state index in [-0.39, 0.29) is 35.2 Å². The molecule has 1 aliphatic heterocycles. The average molecular weight is 519 g/mol. The first-order valence-corrected chi connectivity index (χ1v) is 12.9. The van der Waals surface area contributed by atoms with E-state index in [1.807, 2.05) is 23.6 Å². The van der Waals surface area contributed by atoms with Crippen LogP contribution in [0.1, 0.15) is 44.2 Å². The summed E-state index contributed by atoms with van der Waals surface area (Å²) in [5, 5.41) is 14.9. The minimum absolute atomic E-state index is 0.0897. The highest BCUT2D eigenvalue weighted by molar-refractivity contribution is 7.89. The molecule has 12 heteroatoms. The Labute approximate surface area is 210 Å². The molecule has 2 aromatic carbocycles. The number of piperidine rings is 1. The van der Waals surface area contributed by atoms with Crippen LogP contribution in [0, 0.1) is 17.0 Å². The first-order valence-electron chi connectivity index (χ1n) is 11.5. The second kappa shape index (κ2) is 11.4. The van der Waals surface area contributed by atoms with Crippen LogP contribution in [-0.2, 0) is 14.8 Å². The van der Waals surface area contributed by atoms with E-state index in [0.29, 0.717) is 22.6 Å². The van der Waals surface area contributed by atoms with Gasteiger partial charge in [0.2, 0.25) is 0 Å². The van der Waals surface area contributed by atoms with Gasteiger partial charge in [-0.2, -0.15) is 13.5 Å². The predicted octanol–water partition coefficient (Wildman–Crippen LogP) is 3.39. The second-order valence-corrected chi connectivity index (χ2v) is 10.3. The van der Waals surface area contributed by atoms with Gasteiger partial charge in [0.25, 0.3) is 21.6 Å². The molecular weight excluding hydrogens is 488 g/mol. The lowest BCUT2D eigenvalue weighted by atomic mass is 9.97. The van der Waals surface area contributed by atoms with E-state index >= 15 is 0 Å². The Morgan fingerprint density at radius 2 is 1.89 bits per heavy atom. The van der Waals surface area contributed by atoms with E-state index in [0.717, 1.165) is 25.3 Å². The van der Waals surface area contributed by atoms with E-state index in [2.05, 4.69) is 5.10 Å². The van der Waals surface area contributed by atoms with Crippen molar-refractivity contribution < 1.29 is 27.6 Å². The van der Waals surface area contributed by atoms with Gasteiger partial charge in [-0.1, -0.05) is 6.07 Å². The number of methoxy groups -OCH3 is 1. The van der Waals surface area contributed by atoms with E-state index in [4.69, 9.17) is 9.47 Å². The van der Waals surface area contributed by atoms with Crippen LogP contribution >= 0.6 is 0 Å². The van der Waals surface area contributed by atoms with Crippen molar-refractivity contribution in [3.63, 3.8) is 0 Å². The van der Waals surface area contributed by atoms with Gasteiger partial charge in [0.15, 0.2) is 18.1 Å². The monoisotopic (exact) mass is 518 g/mol. The molecule has 0 radical (unpaired) electrons. The van der Waals surface area contributed by atoms with Crippen molar-refractivity contribution in [2.24, 2.45) is 5.10 Å². The first-order chi connectivity index (χ1) is 17.0. The second-order valence-electron chi connectivity index (χ2n) is 8.69. The number of nitrogens with zero attached hydrogens (tertiary/aromatic N) is 3. The van der Waals surface area contributed by atoms with E-state index in [1.165, 1.54) is 32.4 Å². The van der Waals surface area contributed by atoms with Gasteiger partial charge < -0.3 is 14.4 Å². The van der Waals surface area contributed by atoms with Crippen LogP contribution in [0.15, 0.2) is 46.4 Å². The summed E-state index contributed by atoms with van der Waals surface area (Å²) in [5.41, 5.74) is 0.546. The number of aryl methyl sites for hydroxylation is 1. The number of carbonyl (C=O) groups is 1. The van der Waals surface area contributed by atoms with E-state index < -0.39 is 14.9 Å². The maximum Gasteiger partial charge on any atom is 0.276 e. The number of nitro benzene ring substituents is 1. The molecule has 2 aromatic rings. The number of nitrogens with one attached hydrogen (secondary N) is 1. The number of likely N-dealkylation sites (tertiary alicyclic amines) is 1. The van der Waals surface area contributed by atoms with Crippen molar-refractivity contribution in [2.75, 3.05) is 13.7 Å². The average Bonchev–Trinajstić information content (AvgIpc) is 2.82. The SMILES string of the molecule is COc1cc(/C=N\NS(=O)(=O)c2ccc(C)c([N+](=O)[O-])c2)ccc1OCC(=O)N1[C@H](C)CCC[C@@H]1C. The Morgan fingerprint density at radius 3 is 2.53 bits per heavy atom. The fraction of sp³-hybridized carbons (Fsp3) is 0.417. The largest absolute Gasteiger partial charge is 0.493 e. The summed E-state index contributed by atoms with van der Waals surface area (Å²) >= 11 is 0. The molecule has 1 fully saturated rings. The third-order valence-corrected chi connectivity index (χ3v) is 7.31. The van der Waals surface area contributed by atoms with Gasteiger partial charge in [-0.05, 0) is 69.9 Å². The van der Waals surface area contributed by atoms with Crippen molar-refractivity contribution in [2.45, 2.75) is 57.0 Å². The maximum absolute atomic E-state index is 12.7. The lowest BCUT2D eigenvalue weighted by Crippen LogP contribution is -2.49. The first kappa shape index (κ1) is 26.9. The van der Waals surface area contributed by atoms with Gasteiger partial charge in [0.05, 0.1) is 23.1 Å². The molecular formula is C24H30N4O7S. The molecule has 0 spiro atoms. The number of amides is 1. The molecule has 11 nitrogen and oxygen atoms in total. The van der Waals surface area contributed by atoms with Gasteiger partial charge in [-0.3, -0.25) is 14.9 Å². The Morgan fingerprint density at radius 1 is 1.19 bits per heavy atom. The van der Waals surface area contributed by atoms with Crippen LogP contribution in [0.3, 0.4) is 0 Å². The molecule has 0 bridgehead atoms. The Balaban J connectivity index is 1.66. The zero-order chi connectivity index (χ0) is 26.5. The number of hydrazone groups is 1. The quantitative estimate of drug-likeness (QED) is 0.305. The molecule has 0 aromatic heterocycles. The maximum atomic E-state index is 12.7. The van der Waals surface area contributed by atoms with Gasteiger partial charge in [-0.25, -0.2) is 4.83 Å². The van der Waals surface area contributed by atoms with Crippen molar-refractivity contribution in [1.29, 1.82) is 0 Å². The summed E-state index contributed by atoms with van der Waals surface area (Å²) in [6.45, 7) is 5.47. The Kier molecular flexibility index (Phi) is 8.51.